The SMILES string of the molecule is O=C(COC(=O)c1ccc(O)cc1O)Nc1ccc(OC(F)F)c(Cl)c1. The van der Waals surface area contributed by atoms with Gasteiger partial charge in [0.25, 0.3) is 5.91 Å². The number of carbonyl (C=O) groups excluding carboxylic acids is 2. The molecule has 2 aromatic carbocycles. The van der Waals surface area contributed by atoms with Crippen LogP contribution in [0.25, 0.3) is 0 Å². The first kappa shape index (κ1) is 19.3. The maximum atomic E-state index is 12.1. The summed E-state index contributed by atoms with van der Waals surface area (Å²) in [5.74, 6) is -2.70. The van der Waals surface area contributed by atoms with E-state index in [4.69, 9.17) is 21.4 Å². The van der Waals surface area contributed by atoms with Crippen molar-refractivity contribution >= 4 is 29.2 Å². The van der Waals surface area contributed by atoms with Crippen molar-refractivity contribution in [3.8, 4) is 17.2 Å². The number of anilines is 1. The number of halogens is 3. The van der Waals surface area contributed by atoms with Crippen LogP contribution in [-0.4, -0.2) is 35.3 Å². The molecule has 0 aliphatic rings. The van der Waals surface area contributed by atoms with Gasteiger partial charge in [-0.05, 0) is 30.3 Å². The van der Waals surface area contributed by atoms with Gasteiger partial charge in [0.15, 0.2) is 6.61 Å². The van der Waals surface area contributed by atoms with E-state index in [0.29, 0.717) is 0 Å². The van der Waals surface area contributed by atoms with Crippen LogP contribution in [0.4, 0.5) is 14.5 Å². The van der Waals surface area contributed by atoms with Crippen LogP contribution < -0.4 is 10.1 Å². The van der Waals surface area contributed by atoms with Gasteiger partial charge in [-0.15, -0.1) is 0 Å². The lowest BCUT2D eigenvalue weighted by molar-refractivity contribution is -0.119. The van der Waals surface area contributed by atoms with Gasteiger partial charge in [-0.1, -0.05) is 11.6 Å². The summed E-state index contributed by atoms with van der Waals surface area (Å²) in [6.07, 6.45) is 0. The second-order valence-electron chi connectivity index (χ2n) is 4.85. The second kappa shape index (κ2) is 8.34. The highest BCUT2D eigenvalue weighted by Gasteiger charge is 2.15. The Kier molecular flexibility index (Phi) is 6.18. The molecule has 0 saturated carbocycles. The number of benzene rings is 2. The smallest absolute Gasteiger partial charge is 0.387 e. The predicted molar refractivity (Wildman–Crippen MR) is 86.8 cm³/mol. The first-order valence-electron chi connectivity index (χ1n) is 6.99. The maximum absolute atomic E-state index is 12.1. The van der Waals surface area contributed by atoms with Crippen molar-refractivity contribution in [2.45, 2.75) is 6.61 Å². The van der Waals surface area contributed by atoms with Gasteiger partial charge in [0.05, 0.1) is 5.02 Å². The summed E-state index contributed by atoms with van der Waals surface area (Å²) in [6.45, 7) is -3.71. The molecule has 0 heterocycles. The van der Waals surface area contributed by atoms with Crippen molar-refractivity contribution in [3.63, 3.8) is 0 Å². The van der Waals surface area contributed by atoms with Crippen molar-refractivity contribution in [1.82, 2.24) is 0 Å². The summed E-state index contributed by atoms with van der Waals surface area (Å²) in [7, 11) is 0. The van der Waals surface area contributed by atoms with Crippen molar-refractivity contribution in [2.75, 3.05) is 11.9 Å². The van der Waals surface area contributed by atoms with Crippen LogP contribution in [0.15, 0.2) is 36.4 Å². The molecule has 1 amide bonds. The van der Waals surface area contributed by atoms with E-state index >= 15 is 0 Å². The van der Waals surface area contributed by atoms with Gasteiger partial charge in [0.1, 0.15) is 22.8 Å². The Bertz CT molecular complexity index is 830. The molecule has 10 heteroatoms. The average molecular weight is 388 g/mol. The number of alkyl halides is 2. The summed E-state index contributed by atoms with van der Waals surface area (Å²) in [6, 6.07) is 6.85. The number of nitrogens with one attached hydrogen (secondary N) is 1. The average Bonchev–Trinajstić information content (AvgIpc) is 2.55. The number of hydrogen-bond acceptors (Lipinski definition) is 6. The zero-order chi connectivity index (χ0) is 19.3. The molecule has 0 unspecified atom stereocenters. The van der Waals surface area contributed by atoms with E-state index < -0.39 is 30.8 Å². The number of esters is 1. The van der Waals surface area contributed by atoms with Crippen molar-refractivity contribution in [1.29, 1.82) is 0 Å². The van der Waals surface area contributed by atoms with Crippen LogP contribution in [0, 0.1) is 0 Å². The Balaban J connectivity index is 1.92. The molecule has 0 saturated heterocycles. The van der Waals surface area contributed by atoms with E-state index in [2.05, 4.69) is 10.1 Å². The van der Waals surface area contributed by atoms with E-state index in [1.165, 1.54) is 18.2 Å². The van der Waals surface area contributed by atoms with Crippen LogP contribution in [0.3, 0.4) is 0 Å². The minimum atomic E-state index is -3.04. The summed E-state index contributed by atoms with van der Waals surface area (Å²) >= 11 is 5.75. The lowest BCUT2D eigenvalue weighted by atomic mass is 10.2. The molecule has 0 fully saturated rings. The van der Waals surface area contributed by atoms with Gasteiger partial charge in [-0.3, -0.25) is 4.79 Å². The third kappa shape index (κ3) is 5.21. The van der Waals surface area contributed by atoms with Crippen LogP contribution in [-0.2, 0) is 9.53 Å². The first-order chi connectivity index (χ1) is 12.3. The number of rotatable bonds is 6. The zero-order valence-electron chi connectivity index (χ0n) is 12.9. The molecule has 0 aromatic heterocycles. The molecule has 0 bridgehead atoms. The largest absolute Gasteiger partial charge is 0.508 e. The molecule has 2 rings (SSSR count). The molecule has 0 aliphatic heterocycles. The predicted octanol–water partition coefficient (Wildman–Crippen LogP) is 3.15. The number of phenolic OH excluding ortho intramolecular Hbond substituents is 2. The number of amides is 1. The number of carbonyl (C=O) groups is 2. The van der Waals surface area contributed by atoms with Gasteiger partial charge in [-0.25, -0.2) is 4.79 Å². The molecule has 0 atom stereocenters. The van der Waals surface area contributed by atoms with Gasteiger partial charge in [-0.2, -0.15) is 8.78 Å². The maximum Gasteiger partial charge on any atom is 0.387 e. The van der Waals surface area contributed by atoms with Crippen molar-refractivity contribution < 1.29 is 38.1 Å². The first-order valence-corrected chi connectivity index (χ1v) is 7.37. The van der Waals surface area contributed by atoms with E-state index in [9.17, 15) is 23.5 Å². The van der Waals surface area contributed by atoms with E-state index in [0.717, 1.165) is 18.2 Å². The van der Waals surface area contributed by atoms with Gasteiger partial charge < -0.3 is 25.0 Å². The van der Waals surface area contributed by atoms with Crippen molar-refractivity contribution in [3.05, 3.63) is 47.0 Å². The Hall–Kier alpha value is -3.07. The Morgan fingerprint density at radius 2 is 1.88 bits per heavy atom. The molecular formula is C16H12ClF2NO6. The Morgan fingerprint density at radius 1 is 1.15 bits per heavy atom. The highest BCUT2D eigenvalue weighted by molar-refractivity contribution is 6.32. The molecule has 26 heavy (non-hydrogen) atoms. The van der Waals surface area contributed by atoms with Gasteiger partial charge in [0.2, 0.25) is 0 Å². The molecule has 0 spiro atoms. The van der Waals surface area contributed by atoms with Crippen LogP contribution >= 0.6 is 11.6 Å². The quantitative estimate of drug-likeness (QED) is 0.658. The standard InChI is InChI=1S/C16H12ClF2NO6/c17-11-5-8(1-4-13(11)26-16(18)19)20-14(23)7-25-15(24)10-3-2-9(21)6-12(10)22/h1-6,16,21-22H,7H2,(H,20,23). The topological polar surface area (TPSA) is 105 Å². The second-order valence-corrected chi connectivity index (χ2v) is 5.26. The van der Waals surface area contributed by atoms with Crippen LogP contribution in [0.5, 0.6) is 17.2 Å². The summed E-state index contributed by atoms with van der Waals surface area (Å²) in [5, 5.41) is 20.9. The van der Waals surface area contributed by atoms with E-state index in [-0.39, 0.29) is 27.8 Å². The Labute approximate surface area is 150 Å². The van der Waals surface area contributed by atoms with Crippen molar-refractivity contribution in [2.24, 2.45) is 0 Å². The third-order valence-electron chi connectivity index (χ3n) is 2.97. The number of ether oxygens (including phenoxy) is 2. The fourth-order valence-corrected chi connectivity index (χ4v) is 2.09. The van der Waals surface area contributed by atoms with Crippen LogP contribution in [0.1, 0.15) is 10.4 Å². The van der Waals surface area contributed by atoms with Gasteiger partial charge >= 0.3 is 12.6 Å². The summed E-state index contributed by atoms with van der Waals surface area (Å²) in [4.78, 5) is 23.6. The molecule has 7 nitrogen and oxygen atoms in total. The number of phenols is 2. The molecule has 0 radical (unpaired) electrons. The highest BCUT2D eigenvalue weighted by Crippen LogP contribution is 2.29. The molecular weight excluding hydrogens is 376 g/mol. The van der Waals surface area contributed by atoms with Crippen LogP contribution in [0.2, 0.25) is 5.02 Å². The monoisotopic (exact) mass is 387 g/mol. The molecule has 138 valence electrons. The van der Waals surface area contributed by atoms with Gasteiger partial charge in [0, 0.05) is 11.8 Å². The fraction of sp³-hybridized carbons (Fsp3) is 0.125. The highest BCUT2D eigenvalue weighted by atomic mass is 35.5. The molecule has 3 N–H and O–H groups in total. The molecule has 0 aliphatic carbocycles. The third-order valence-corrected chi connectivity index (χ3v) is 3.26. The summed E-state index contributed by atoms with van der Waals surface area (Å²) < 4.78 is 33.2. The lowest BCUT2D eigenvalue weighted by Crippen LogP contribution is -2.21. The molecule has 2 aromatic rings. The fourth-order valence-electron chi connectivity index (χ4n) is 1.87. The van der Waals surface area contributed by atoms with E-state index in [1.54, 1.807) is 0 Å². The normalized spacial score (nSPS) is 10.5. The zero-order valence-corrected chi connectivity index (χ0v) is 13.7. The van der Waals surface area contributed by atoms with E-state index in [1.807, 2.05) is 0 Å². The lowest BCUT2D eigenvalue weighted by Gasteiger charge is -2.10. The number of hydrogen-bond donors (Lipinski definition) is 3. The number of aromatic hydroxyl groups is 2. The minimum absolute atomic E-state index is 0.144. The summed E-state index contributed by atoms with van der Waals surface area (Å²) in [5.41, 5.74) is -0.0581. The minimum Gasteiger partial charge on any atom is -0.508 e. The Morgan fingerprint density at radius 3 is 2.50 bits per heavy atom.